The summed E-state index contributed by atoms with van der Waals surface area (Å²) in [5, 5.41) is 0. The van der Waals surface area contributed by atoms with Gasteiger partial charge < -0.3 is 4.79 Å². The van der Waals surface area contributed by atoms with Gasteiger partial charge in [0.2, 0.25) is 0 Å². The van der Waals surface area contributed by atoms with Crippen LogP contribution in [0.1, 0.15) is 71.6 Å². The molecule has 0 heterocycles. The van der Waals surface area contributed by atoms with Crippen molar-refractivity contribution in [2.45, 2.75) is 71.6 Å². The fourth-order valence-corrected chi connectivity index (χ4v) is 2.14. The molecule has 0 radical (unpaired) electrons. The van der Waals surface area contributed by atoms with E-state index in [4.69, 9.17) is 0 Å². The quantitative estimate of drug-likeness (QED) is 0.500. The van der Waals surface area contributed by atoms with Gasteiger partial charge in [-0.05, 0) is 25.2 Å². The van der Waals surface area contributed by atoms with E-state index in [0.717, 1.165) is 44.8 Å². The first-order valence-electron chi connectivity index (χ1n) is 6.69. The van der Waals surface area contributed by atoms with Crippen molar-refractivity contribution in [2.24, 2.45) is 5.92 Å². The number of carbonyl (C=O) groups excluding carboxylic acids is 2. The Morgan fingerprint density at radius 1 is 1.06 bits per heavy atom. The van der Waals surface area contributed by atoms with Crippen LogP contribution in [0.4, 0.5) is 0 Å². The van der Waals surface area contributed by atoms with Gasteiger partial charge in [-0.25, -0.2) is 0 Å². The van der Waals surface area contributed by atoms with Crippen LogP contribution >= 0.6 is 0 Å². The number of hydrogen-bond donors (Lipinski definition) is 0. The molecule has 0 aromatic carbocycles. The molecule has 0 aliphatic carbocycles. The van der Waals surface area contributed by atoms with Gasteiger partial charge in [-0.15, -0.1) is 0 Å². The number of aldehydes is 1. The predicted molar refractivity (Wildman–Crippen MR) is 67.5 cm³/mol. The molecule has 0 saturated carbocycles. The van der Waals surface area contributed by atoms with Crippen molar-refractivity contribution in [1.29, 1.82) is 0 Å². The molecule has 0 saturated heterocycles. The summed E-state index contributed by atoms with van der Waals surface area (Å²) in [4.78, 5) is 21.7. The fourth-order valence-electron chi connectivity index (χ4n) is 2.14. The highest BCUT2D eigenvalue weighted by atomic mass is 16.1. The smallest absolute Gasteiger partial charge is 0.132 e. The topological polar surface area (TPSA) is 34.1 Å². The third-order valence-corrected chi connectivity index (χ3v) is 2.99. The Hall–Kier alpha value is -0.660. The molecular formula is C14H26O2. The summed E-state index contributed by atoms with van der Waals surface area (Å²) in [6.07, 6.45) is 9.57. The van der Waals surface area contributed by atoms with Gasteiger partial charge in [0.1, 0.15) is 12.1 Å². The molecule has 0 fully saturated rings. The molecule has 0 aromatic rings. The van der Waals surface area contributed by atoms with Gasteiger partial charge in [-0.3, -0.25) is 4.79 Å². The zero-order chi connectivity index (χ0) is 12.2. The standard InChI is InChI=1S/C14H26O2/c1-3-7-13(10-6-12-15)9-5-11-14(16)8-4-2/h12-13H,3-11H2,1-2H3. The van der Waals surface area contributed by atoms with E-state index in [0.29, 0.717) is 18.1 Å². The first-order valence-corrected chi connectivity index (χ1v) is 6.69. The van der Waals surface area contributed by atoms with E-state index in [-0.39, 0.29) is 0 Å². The number of Topliss-reactive ketones (excluding diaryl/α,β-unsaturated/α-hetero) is 1. The van der Waals surface area contributed by atoms with E-state index in [1.807, 2.05) is 6.92 Å². The van der Waals surface area contributed by atoms with Crippen molar-refractivity contribution < 1.29 is 9.59 Å². The van der Waals surface area contributed by atoms with Crippen LogP contribution in [0.15, 0.2) is 0 Å². The van der Waals surface area contributed by atoms with Gasteiger partial charge in [0.15, 0.2) is 0 Å². The summed E-state index contributed by atoms with van der Waals surface area (Å²) in [7, 11) is 0. The molecule has 2 heteroatoms. The Morgan fingerprint density at radius 2 is 1.81 bits per heavy atom. The van der Waals surface area contributed by atoms with Gasteiger partial charge in [0.25, 0.3) is 0 Å². The van der Waals surface area contributed by atoms with Crippen LogP contribution in [-0.2, 0) is 9.59 Å². The predicted octanol–water partition coefficient (Wildman–Crippen LogP) is 3.92. The minimum Gasteiger partial charge on any atom is -0.303 e. The molecule has 16 heavy (non-hydrogen) atoms. The van der Waals surface area contributed by atoms with Gasteiger partial charge in [0.05, 0.1) is 0 Å². The maximum Gasteiger partial charge on any atom is 0.132 e. The minimum atomic E-state index is 0.396. The summed E-state index contributed by atoms with van der Waals surface area (Å²) in [6, 6.07) is 0. The summed E-state index contributed by atoms with van der Waals surface area (Å²) < 4.78 is 0. The minimum absolute atomic E-state index is 0.396. The molecule has 0 spiro atoms. The van der Waals surface area contributed by atoms with Crippen LogP contribution in [0.2, 0.25) is 0 Å². The lowest BCUT2D eigenvalue weighted by Crippen LogP contribution is -2.03. The number of ketones is 1. The largest absolute Gasteiger partial charge is 0.303 e. The molecule has 0 amide bonds. The van der Waals surface area contributed by atoms with Gasteiger partial charge in [0, 0.05) is 19.3 Å². The number of hydrogen-bond acceptors (Lipinski definition) is 2. The van der Waals surface area contributed by atoms with E-state index in [9.17, 15) is 9.59 Å². The van der Waals surface area contributed by atoms with Crippen molar-refractivity contribution in [1.82, 2.24) is 0 Å². The third-order valence-electron chi connectivity index (χ3n) is 2.99. The summed E-state index contributed by atoms with van der Waals surface area (Å²) in [6.45, 7) is 4.22. The van der Waals surface area contributed by atoms with Gasteiger partial charge in [-0.1, -0.05) is 33.1 Å². The third kappa shape index (κ3) is 8.63. The molecule has 0 N–H and O–H groups in total. The van der Waals surface area contributed by atoms with Crippen molar-refractivity contribution in [3.63, 3.8) is 0 Å². The summed E-state index contributed by atoms with van der Waals surface area (Å²) in [5.41, 5.74) is 0. The fraction of sp³-hybridized carbons (Fsp3) is 0.857. The highest BCUT2D eigenvalue weighted by molar-refractivity contribution is 5.78. The molecule has 94 valence electrons. The first kappa shape index (κ1) is 15.3. The van der Waals surface area contributed by atoms with Crippen LogP contribution < -0.4 is 0 Å². The zero-order valence-electron chi connectivity index (χ0n) is 10.8. The average molecular weight is 226 g/mol. The number of carbonyl (C=O) groups is 2. The van der Waals surface area contributed by atoms with Gasteiger partial charge in [-0.2, -0.15) is 0 Å². The lowest BCUT2D eigenvalue weighted by molar-refractivity contribution is -0.119. The van der Waals surface area contributed by atoms with E-state index >= 15 is 0 Å². The lowest BCUT2D eigenvalue weighted by Gasteiger charge is -2.14. The molecule has 1 unspecified atom stereocenters. The molecule has 0 aliphatic rings. The average Bonchev–Trinajstić information content (AvgIpc) is 2.26. The summed E-state index contributed by atoms with van der Waals surface area (Å²) >= 11 is 0. The highest BCUT2D eigenvalue weighted by Crippen LogP contribution is 2.20. The van der Waals surface area contributed by atoms with Gasteiger partial charge >= 0.3 is 0 Å². The second kappa shape index (κ2) is 10.8. The Bertz CT molecular complexity index is 187. The van der Waals surface area contributed by atoms with Crippen LogP contribution in [0, 0.1) is 5.92 Å². The zero-order valence-corrected chi connectivity index (χ0v) is 10.8. The summed E-state index contributed by atoms with van der Waals surface area (Å²) in [5.74, 6) is 1.04. The second-order valence-corrected chi connectivity index (χ2v) is 4.58. The lowest BCUT2D eigenvalue weighted by atomic mass is 9.92. The molecule has 0 aliphatic heterocycles. The van der Waals surface area contributed by atoms with Crippen molar-refractivity contribution >= 4 is 12.1 Å². The molecule has 1 atom stereocenters. The highest BCUT2D eigenvalue weighted by Gasteiger charge is 2.08. The Kier molecular flexibility index (Phi) is 10.4. The van der Waals surface area contributed by atoms with E-state index in [1.54, 1.807) is 0 Å². The molecular weight excluding hydrogens is 200 g/mol. The van der Waals surface area contributed by atoms with E-state index in [2.05, 4.69) is 6.92 Å². The normalized spacial score (nSPS) is 12.4. The maximum atomic E-state index is 11.3. The first-order chi connectivity index (χ1) is 7.74. The van der Waals surface area contributed by atoms with Crippen molar-refractivity contribution in [2.75, 3.05) is 0 Å². The molecule has 0 bridgehead atoms. The van der Waals surface area contributed by atoms with Crippen molar-refractivity contribution in [3.05, 3.63) is 0 Å². The number of rotatable bonds is 11. The van der Waals surface area contributed by atoms with E-state index in [1.165, 1.54) is 12.8 Å². The Morgan fingerprint density at radius 3 is 2.38 bits per heavy atom. The monoisotopic (exact) mass is 226 g/mol. The van der Waals surface area contributed by atoms with E-state index < -0.39 is 0 Å². The maximum absolute atomic E-state index is 11.3. The van der Waals surface area contributed by atoms with Crippen LogP contribution in [0.25, 0.3) is 0 Å². The molecule has 2 nitrogen and oxygen atoms in total. The molecule has 0 aromatic heterocycles. The Balaban J connectivity index is 3.65. The Labute approximate surface area is 99.8 Å². The molecule has 0 rings (SSSR count). The van der Waals surface area contributed by atoms with Crippen LogP contribution in [0.3, 0.4) is 0 Å². The van der Waals surface area contributed by atoms with Crippen LogP contribution in [0.5, 0.6) is 0 Å². The SMILES string of the molecule is CCCC(=O)CCCC(CCC)CCC=O. The second-order valence-electron chi connectivity index (χ2n) is 4.58. The van der Waals surface area contributed by atoms with Crippen molar-refractivity contribution in [3.8, 4) is 0 Å². The van der Waals surface area contributed by atoms with Crippen LogP contribution in [-0.4, -0.2) is 12.1 Å².